The van der Waals surface area contributed by atoms with Crippen LogP contribution in [0, 0.1) is 13.8 Å². The van der Waals surface area contributed by atoms with Crippen LogP contribution in [0.1, 0.15) is 54.3 Å². The van der Waals surface area contributed by atoms with Gasteiger partial charge in [-0.3, -0.25) is 9.58 Å². The topological polar surface area (TPSA) is 57.5 Å². The van der Waals surface area contributed by atoms with E-state index in [0.29, 0.717) is 6.54 Å². The minimum Gasteiger partial charge on any atom is -0.357 e. The molecule has 1 aliphatic heterocycles. The van der Waals surface area contributed by atoms with E-state index < -0.39 is 0 Å². The minimum absolute atomic E-state index is 0.671. The second kappa shape index (κ2) is 10.4. The number of hydrogen-bond acceptors (Lipinski definition) is 3. The quantitative estimate of drug-likeness (QED) is 0.557. The molecule has 0 radical (unpaired) electrons. The number of aryl methyl sites for hydroxylation is 2. The monoisotopic (exact) mass is 396 g/mol. The highest BCUT2D eigenvalue weighted by Crippen LogP contribution is 2.14. The first-order chi connectivity index (χ1) is 14.1. The first kappa shape index (κ1) is 21.4. The number of hydrogen-bond donors (Lipinski definition) is 2. The van der Waals surface area contributed by atoms with Crippen molar-refractivity contribution in [2.45, 2.75) is 59.7 Å². The van der Waals surface area contributed by atoms with Gasteiger partial charge in [0.25, 0.3) is 0 Å². The second-order valence-electron chi connectivity index (χ2n) is 7.98. The summed E-state index contributed by atoms with van der Waals surface area (Å²) >= 11 is 0. The molecule has 6 heteroatoms. The van der Waals surface area contributed by atoms with E-state index in [1.807, 2.05) is 11.7 Å². The molecule has 0 saturated carbocycles. The molecule has 158 valence electrons. The molecule has 6 nitrogen and oxygen atoms in total. The smallest absolute Gasteiger partial charge is 0.191 e. The molecule has 0 bridgehead atoms. The van der Waals surface area contributed by atoms with Gasteiger partial charge in [0.2, 0.25) is 0 Å². The summed E-state index contributed by atoms with van der Waals surface area (Å²) in [6, 6.07) is 8.92. The first-order valence-electron chi connectivity index (χ1n) is 10.9. The van der Waals surface area contributed by atoms with Crippen molar-refractivity contribution in [3.05, 3.63) is 52.3 Å². The molecular formula is C23H36N6. The molecule has 0 spiro atoms. The first-order valence-corrected chi connectivity index (χ1v) is 10.9. The molecule has 3 rings (SSSR count). The molecule has 2 aromatic rings. The van der Waals surface area contributed by atoms with Crippen LogP contribution in [0.4, 0.5) is 0 Å². The van der Waals surface area contributed by atoms with Crippen molar-refractivity contribution < 1.29 is 0 Å². The van der Waals surface area contributed by atoms with E-state index in [0.717, 1.165) is 31.3 Å². The molecule has 1 aliphatic rings. The van der Waals surface area contributed by atoms with E-state index in [1.165, 1.54) is 54.7 Å². The average Bonchev–Trinajstić information content (AvgIpc) is 2.97. The zero-order chi connectivity index (χ0) is 20.6. The fourth-order valence-electron chi connectivity index (χ4n) is 3.88. The van der Waals surface area contributed by atoms with Crippen LogP contribution < -0.4 is 10.6 Å². The molecule has 0 aliphatic carbocycles. The lowest BCUT2D eigenvalue weighted by Gasteiger charge is -2.26. The molecule has 1 aromatic carbocycles. The fraction of sp³-hybridized carbons (Fsp3) is 0.565. The van der Waals surface area contributed by atoms with Gasteiger partial charge in [-0.05, 0) is 57.8 Å². The standard InChI is InChI=1S/C23H36N6/c1-5-24-23(26-16-22-18(2)27-28(4)19(22)3)25-15-20-9-11-21(12-10-20)17-29-13-7-6-8-14-29/h9-12H,5-8,13-17H2,1-4H3,(H2,24,25,26). The molecule has 29 heavy (non-hydrogen) atoms. The Morgan fingerprint density at radius 3 is 2.34 bits per heavy atom. The fourth-order valence-corrected chi connectivity index (χ4v) is 3.88. The summed E-state index contributed by atoms with van der Waals surface area (Å²) in [6.07, 6.45) is 4.06. The largest absolute Gasteiger partial charge is 0.357 e. The van der Waals surface area contributed by atoms with Crippen molar-refractivity contribution >= 4 is 5.96 Å². The van der Waals surface area contributed by atoms with Crippen molar-refractivity contribution in [2.24, 2.45) is 12.0 Å². The third-order valence-electron chi connectivity index (χ3n) is 5.73. The van der Waals surface area contributed by atoms with Crippen molar-refractivity contribution in [3.8, 4) is 0 Å². The average molecular weight is 397 g/mol. The van der Waals surface area contributed by atoms with Gasteiger partial charge in [0.1, 0.15) is 0 Å². The van der Waals surface area contributed by atoms with Crippen LogP contribution in [0.15, 0.2) is 29.3 Å². The van der Waals surface area contributed by atoms with Crippen LogP contribution in [0.3, 0.4) is 0 Å². The normalized spacial score (nSPS) is 15.5. The van der Waals surface area contributed by atoms with E-state index in [2.05, 4.69) is 65.7 Å². The molecule has 2 N–H and O–H groups in total. The minimum atomic E-state index is 0.671. The van der Waals surface area contributed by atoms with Crippen LogP contribution in [0.2, 0.25) is 0 Å². The summed E-state index contributed by atoms with van der Waals surface area (Å²) in [5.74, 6) is 0.840. The number of aromatic nitrogens is 2. The van der Waals surface area contributed by atoms with Gasteiger partial charge in [-0.2, -0.15) is 5.10 Å². The summed E-state index contributed by atoms with van der Waals surface area (Å²) in [5.41, 5.74) is 6.12. The zero-order valence-corrected chi connectivity index (χ0v) is 18.5. The van der Waals surface area contributed by atoms with Gasteiger partial charge in [-0.15, -0.1) is 0 Å². The Morgan fingerprint density at radius 1 is 1.03 bits per heavy atom. The van der Waals surface area contributed by atoms with Gasteiger partial charge in [0, 0.05) is 37.9 Å². The molecule has 0 atom stereocenters. The summed E-state index contributed by atoms with van der Waals surface area (Å²) in [5, 5.41) is 11.3. The van der Waals surface area contributed by atoms with Crippen molar-refractivity contribution in [1.29, 1.82) is 0 Å². The summed E-state index contributed by atoms with van der Waals surface area (Å²) in [7, 11) is 1.99. The van der Waals surface area contributed by atoms with Gasteiger partial charge in [-0.25, -0.2) is 4.99 Å². The van der Waals surface area contributed by atoms with Gasteiger partial charge in [-0.1, -0.05) is 30.7 Å². The summed E-state index contributed by atoms with van der Waals surface area (Å²) in [6.45, 7) is 12.0. The number of benzene rings is 1. The number of rotatable bonds is 7. The van der Waals surface area contributed by atoms with Gasteiger partial charge >= 0.3 is 0 Å². The summed E-state index contributed by atoms with van der Waals surface area (Å²) < 4.78 is 1.93. The van der Waals surface area contributed by atoms with Crippen molar-refractivity contribution in [3.63, 3.8) is 0 Å². The number of guanidine groups is 1. The Hall–Kier alpha value is -2.34. The van der Waals surface area contributed by atoms with Crippen molar-refractivity contribution in [2.75, 3.05) is 19.6 Å². The summed E-state index contributed by atoms with van der Waals surface area (Å²) in [4.78, 5) is 7.33. The molecule has 0 amide bonds. The van der Waals surface area contributed by atoms with Gasteiger partial charge in [0.15, 0.2) is 5.96 Å². The highest BCUT2D eigenvalue weighted by Gasteiger charge is 2.11. The van der Waals surface area contributed by atoms with E-state index in [9.17, 15) is 0 Å². The Balaban J connectivity index is 1.56. The molecule has 2 heterocycles. The third-order valence-corrected chi connectivity index (χ3v) is 5.73. The van der Waals surface area contributed by atoms with E-state index in [1.54, 1.807) is 0 Å². The van der Waals surface area contributed by atoms with Crippen molar-refractivity contribution in [1.82, 2.24) is 25.3 Å². The van der Waals surface area contributed by atoms with Crippen LogP contribution in [0.5, 0.6) is 0 Å². The predicted octanol–water partition coefficient (Wildman–Crippen LogP) is 3.28. The number of piperidine rings is 1. The zero-order valence-electron chi connectivity index (χ0n) is 18.5. The number of nitrogens with zero attached hydrogens (tertiary/aromatic N) is 4. The predicted molar refractivity (Wildman–Crippen MR) is 120 cm³/mol. The Labute approximate surface area is 175 Å². The Morgan fingerprint density at radius 2 is 1.72 bits per heavy atom. The van der Waals surface area contributed by atoms with E-state index in [4.69, 9.17) is 4.99 Å². The molecule has 1 fully saturated rings. The molecule has 0 unspecified atom stereocenters. The maximum absolute atomic E-state index is 4.77. The number of likely N-dealkylation sites (tertiary alicyclic amines) is 1. The van der Waals surface area contributed by atoms with E-state index >= 15 is 0 Å². The van der Waals surface area contributed by atoms with Crippen LogP contribution in [-0.2, 0) is 26.7 Å². The third kappa shape index (κ3) is 6.07. The molecule has 1 aromatic heterocycles. The highest BCUT2D eigenvalue weighted by atomic mass is 15.3. The molecular weight excluding hydrogens is 360 g/mol. The van der Waals surface area contributed by atoms with Gasteiger partial charge in [0.05, 0.1) is 12.2 Å². The second-order valence-corrected chi connectivity index (χ2v) is 7.98. The highest BCUT2D eigenvalue weighted by molar-refractivity contribution is 5.79. The molecule has 1 saturated heterocycles. The number of nitrogens with one attached hydrogen (secondary N) is 2. The number of aliphatic imine (C=N–C) groups is 1. The lowest BCUT2D eigenvalue weighted by molar-refractivity contribution is 0.221. The van der Waals surface area contributed by atoms with Crippen LogP contribution in [-0.4, -0.2) is 40.3 Å². The van der Waals surface area contributed by atoms with E-state index in [-0.39, 0.29) is 0 Å². The maximum atomic E-state index is 4.77. The SMILES string of the molecule is CCNC(=NCc1ccc(CN2CCCCC2)cc1)NCc1c(C)nn(C)c1C. The van der Waals surface area contributed by atoms with Gasteiger partial charge < -0.3 is 10.6 Å². The lowest BCUT2D eigenvalue weighted by Crippen LogP contribution is -2.37. The van der Waals surface area contributed by atoms with Crippen LogP contribution >= 0.6 is 0 Å². The Bertz CT molecular complexity index is 800. The Kier molecular flexibility index (Phi) is 7.69. The maximum Gasteiger partial charge on any atom is 0.191 e. The lowest BCUT2D eigenvalue weighted by atomic mass is 10.1. The van der Waals surface area contributed by atoms with Crippen LogP contribution in [0.25, 0.3) is 0 Å².